The molecule has 0 spiro atoms. The summed E-state index contributed by atoms with van der Waals surface area (Å²) in [6.07, 6.45) is 0. The minimum atomic E-state index is -4.17. The molecule has 19 heavy (non-hydrogen) atoms. The fraction of sp³-hybridized carbons (Fsp3) is 0.727. The maximum absolute atomic E-state index is 11.2. The number of phosphoric ester groups is 1. The van der Waals surface area contributed by atoms with Crippen molar-refractivity contribution in [3.05, 3.63) is 12.2 Å². The van der Waals surface area contributed by atoms with Crippen molar-refractivity contribution in [1.29, 1.82) is 0 Å². The predicted octanol–water partition coefficient (Wildman–Crippen LogP) is 0.314. The molecule has 1 unspecified atom stereocenters. The number of carbonyl (C=O) groups is 1. The highest BCUT2D eigenvalue weighted by molar-refractivity contribution is 7.45. The molecule has 1 atom stereocenters. The molecule has 112 valence electrons. The van der Waals surface area contributed by atoms with Crippen LogP contribution in [0.4, 0.5) is 0 Å². The van der Waals surface area contributed by atoms with Crippen molar-refractivity contribution in [2.45, 2.75) is 6.92 Å². The van der Waals surface area contributed by atoms with Crippen LogP contribution in [0.1, 0.15) is 6.92 Å². The summed E-state index contributed by atoms with van der Waals surface area (Å²) in [5.41, 5.74) is 0.348. The Kier molecular flexibility index (Phi) is 7.47. The lowest BCUT2D eigenvalue weighted by molar-refractivity contribution is -0.890. The Morgan fingerprint density at radius 3 is 2.32 bits per heavy atom. The summed E-state index contributed by atoms with van der Waals surface area (Å²) in [5.74, 6) is -0.431. The lowest BCUT2D eigenvalue weighted by Gasteiger charge is -2.30. The number of hydrogen-bond acceptors (Lipinski definition) is 6. The molecular formula is C11H22NO6P. The van der Waals surface area contributed by atoms with E-state index in [1.807, 2.05) is 14.1 Å². The molecule has 0 saturated carbocycles. The number of nitrogens with zero attached hydrogens (tertiary/aromatic N) is 1. The second-order valence-corrected chi connectivity index (χ2v) is 6.28. The lowest BCUT2D eigenvalue weighted by Crippen LogP contribution is -2.45. The molecule has 0 bridgehead atoms. The van der Waals surface area contributed by atoms with E-state index in [1.54, 1.807) is 6.92 Å². The third-order valence-electron chi connectivity index (χ3n) is 2.45. The van der Waals surface area contributed by atoms with Gasteiger partial charge in [0.1, 0.15) is 26.3 Å². The molecule has 0 saturated heterocycles. The lowest BCUT2D eigenvalue weighted by atomic mass is 10.4. The fourth-order valence-corrected chi connectivity index (χ4v) is 1.48. The van der Waals surface area contributed by atoms with E-state index < -0.39 is 13.8 Å². The first-order valence-electron chi connectivity index (χ1n) is 5.75. The Balaban J connectivity index is 3.96. The van der Waals surface area contributed by atoms with Crippen LogP contribution in [0.5, 0.6) is 0 Å². The first-order valence-corrected chi connectivity index (χ1v) is 7.22. The molecule has 0 aromatic heterocycles. The predicted molar refractivity (Wildman–Crippen MR) is 68.2 cm³/mol. The van der Waals surface area contributed by atoms with Gasteiger partial charge in [-0.3, -0.25) is 4.57 Å². The van der Waals surface area contributed by atoms with Gasteiger partial charge in [0.2, 0.25) is 0 Å². The van der Waals surface area contributed by atoms with Crippen LogP contribution in [0.3, 0.4) is 0 Å². The SMILES string of the molecule is C=C(C)C(=O)OCC[N+](C)(C)CCOP(=O)([O-])OC. The minimum Gasteiger partial charge on any atom is -0.756 e. The monoisotopic (exact) mass is 295 g/mol. The van der Waals surface area contributed by atoms with E-state index >= 15 is 0 Å². The third kappa shape index (κ3) is 8.91. The van der Waals surface area contributed by atoms with Crippen LogP contribution in [0.15, 0.2) is 12.2 Å². The van der Waals surface area contributed by atoms with Gasteiger partial charge in [0, 0.05) is 12.7 Å². The van der Waals surface area contributed by atoms with Gasteiger partial charge in [-0.15, -0.1) is 0 Å². The molecule has 0 radical (unpaired) electrons. The molecule has 0 aliphatic heterocycles. The Morgan fingerprint density at radius 1 is 1.32 bits per heavy atom. The molecule has 0 aliphatic rings. The summed E-state index contributed by atoms with van der Waals surface area (Å²) < 4.78 is 25.2. The number of carbonyl (C=O) groups excluding carboxylic acids is 1. The zero-order valence-electron chi connectivity index (χ0n) is 11.9. The van der Waals surface area contributed by atoms with Crippen molar-refractivity contribution < 1.29 is 32.5 Å². The topological polar surface area (TPSA) is 84.9 Å². The Morgan fingerprint density at radius 2 is 1.84 bits per heavy atom. The van der Waals surface area contributed by atoms with Crippen LogP contribution in [0.25, 0.3) is 0 Å². The number of hydrogen-bond donors (Lipinski definition) is 0. The van der Waals surface area contributed by atoms with Crippen molar-refractivity contribution in [3.63, 3.8) is 0 Å². The first-order chi connectivity index (χ1) is 8.59. The number of esters is 1. The van der Waals surface area contributed by atoms with E-state index in [1.165, 1.54) is 0 Å². The maximum Gasteiger partial charge on any atom is 0.333 e. The van der Waals surface area contributed by atoms with E-state index in [9.17, 15) is 14.3 Å². The second-order valence-electron chi connectivity index (χ2n) is 4.76. The van der Waals surface area contributed by atoms with Crippen molar-refractivity contribution in [2.75, 3.05) is 47.5 Å². The standard InChI is InChI=1S/C11H22NO6P/c1-10(2)11(13)17-8-6-12(3,4)7-9-18-19(14,15)16-5/h1,6-9H2,2-5H3. The van der Waals surface area contributed by atoms with Crippen molar-refractivity contribution in [1.82, 2.24) is 0 Å². The molecule has 0 heterocycles. The highest BCUT2D eigenvalue weighted by atomic mass is 31.2. The molecule has 0 N–H and O–H groups in total. The van der Waals surface area contributed by atoms with Gasteiger partial charge in [-0.25, -0.2) is 4.79 Å². The summed E-state index contributed by atoms with van der Waals surface area (Å²) >= 11 is 0. The van der Waals surface area contributed by atoms with Crippen molar-refractivity contribution >= 4 is 13.8 Å². The molecule has 0 aromatic carbocycles. The average molecular weight is 295 g/mol. The third-order valence-corrected chi connectivity index (χ3v) is 3.39. The van der Waals surface area contributed by atoms with E-state index in [4.69, 9.17) is 4.74 Å². The number of rotatable bonds is 9. The maximum atomic E-state index is 11.2. The highest BCUT2D eigenvalue weighted by Gasteiger charge is 2.17. The van der Waals surface area contributed by atoms with Gasteiger partial charge in [-0.1, -0.05) is 6.58 Å². The van der Waals surface area contributed by atoms with Gasteiger partial charge in [0.25, 0.3) is 7.82 Å². The Bertz CT molecular complexity index is 368. The second kappa shape index (κ2) is 7.77. The summed E-state index contributed by atoms with van der Waals surface area (Å²) in [5, 5.41) is 0. The van der Waals surface area contributed by atoms with Gasteiger partial charge in [0.05, 0.1) is 14.1 Å². The zero-order chi connectivity index (χ0) is 15.1. The van der Waals surface area contributed by atoms with E-state index in [2.05, 4.69) is 15.6 Å². The summed E-state index contributed by atoms with van der Waals surface area (Å²) in [6.45, 7) is 6.28. The number of likely N-dealkylation sites (N-methyl/N-ethyl adjacent to an activating group) is 1. The average Bonchev–Trinajstić information content (AvgIpc) is 2.27. The highest BCUT2D eigenvalue weighted by Crippen LogP contribution is 2.36. The molecule has 0 fully saturated rings. The molecule has 0 rings (SSSR count). The smallest absolute Gasteiger partial charge is 0.333 e. The molecule has 0 aromatic rings. The molecule has 0 amide bonds. The molecule has 0 aliphatic carbocycles. The van der Waals surface area contributed by atoms with Crippen molar-refractivity contribution in [2.24, 2.45) is 0 Å². The normalized spacial score (nSPS) is 14.8. The van der Waals surface area contributed by atoms with Crippen LogP contribution >= 0.6 is 7.82 Å². The summed E-state index contributed by atoms with van der Waals surface area (Å²) in [4.78, 5) is 22.1. The van der Waals surface area contributed by atoms with Crippen LogP contribution in [-0.2, 0) is 23.1 Å². The van der Waals surface area contributed by atoms with Gasteiger partial charge in [-0.05, 0) is 6.92 Å². The number of ether oxygens (including phenoxy) is 1. The van der Waals surface area contributed by atoms with Crippen molar-refractivity contribution in [3.8, 4) is 0 Å². The zero-order valence-corrected chi connectivity index (χ0v) is 12.8. The van der Waals surface area contributed by atoms with E-state index in [0.717, 1.165) is 7.11 Å². The van der Waals surface area contributed by atoms with Crippen LogP contribution < -0.4 is 4.89 Å². The Labute approximate surface area is 114 Å². The number of quaternary nitrogens is 1. The fourth-order valence-electron chi connectivity index (χ4n) is 1.07. The van der Waals surface area contributed by atoms with Gasteiger partial charge in [0.15, 0.2) is 0 Å². The van der Waals surface area contributed by atoms with Gasteiger partial charge in [-0.2, -0.15) is 0 Å². The first kappa shape index (κ1) is 18.3. The van der Waals surface area contributed by atoms with Crippen LogP contribution in [0, 0.1) is 0 Å². The van der Waals surface area contributed by atoms with Crippen LogP contribution in [-0.4, -0.2) is 58.0 Å². The minimum absolute atomic E-state index is 0.00997. The summed E-state index contributed by atoms with van der Waals surface area (Å²) in [7, 11) is 0.626. The van der Waals surface area contributed by atoms with Gasteiger partial charge < -0.3 is 23.2 Å². The molecular weight excluding hydrogens is 273 g/mol. The molecule has 7 nitrogen and oxygen atoms in total. The van der Waals surface area contributed by atoms with Crippen LogP contribution in [0.2, 0.25) is 0 Å². The van der Waals surface area contributed by atoms with E-state index in [-0.39, 0.29) is 13.2 Å². The molecule has 8 heteroatoms. The van der Waals surface area contributed by atoms with E-state index in [0.29, 0.717) is 23.1 Å². The largest absolute Gasteiger partial charge is 0.756 e. The van der Waals surface area contributed by atoms with Gasteiger partial charge >= 0.3 is 5.97 Å². The quantitative estimate of drug-likeness (QED) is 0.263. The summed E-state index contributed by atoms with van der Waals surface area (Å²) in [6, 6.07) is 0. The number of phosphoric acid groups is 1. The Hall–Kier alpha value is -0.720.